The van der Waals surface area contributed by atoms with E-state index in [0.717, 1.165) is 43.4 Å². The number of fused-ring (bicyclic) bond motifs is 2. The molecule has 4 aliphatic rings. The molecule has 2 saturated carbocycles. The molecule has 76 heavy (non-hydrogen) atoms. The van der Waals surface area contributed by atoms with Crippen molar-refractivity contribution in [2.75, 3.05) is 24.7 Å². The first-order valence-electron chi connectivity index (χ1n) is 25.0. The van der Waals surface area contributed by atoms with Crippen LogP contribution in [0, 0.1) is 11.8 Å². The minimum Gasteiger partial charge on any atom is -0.493 e. The molecule has 6 heterocycles. The summed E-state index contributed by atoms with van der Waals surface area (Å²) in [6, 6.07) is 33.0. The third-order valence-electron chi connectivity index (χ3n) is 14.3. The lowest BCUT2D eigenvalue weighted by Crippen LogP contribution is -2.28. The van der Waals surface area contributed by atoms with Crippen LogP contribution in [-0.4, -0.2) is 93.8 Å². The highest BCUT2D eigenvalue weighted by Gasteiger charge is 2.39. The molecule has 12 rings (SSSR count). The van der Waals surface area contributed by atoms with Gasteiger partial charge in [-0.2, -0.15) is 0 Å². The van der Waals surface area contributed by atoms with Crippen molar-refractivity contribution in [3.05, 3.63) is 179 Å². The number of ether oxygens (including phenoxy) is 2. The maximum atomic E-state index is 13.0. The summed E-state index contributed by atoms with van der Waals surface area (Å²) in [5, 5.41) is 21.5. The van der Waals surface area contributed by atoms with E-state index in [1.165, 1.54) is 0 Å². The van der Waals surface area contributed by atoms with Gasteiger partial charge in [0.1, 0.15) is 23.0 Å². The van der Waals surface area contributed by atoms with Gasteiger partial charge in [0, 0.05) is 81.4 Å². The molecule has 0 unspecified atom stereocenters. The Morgan fingerprint density at radius 3 is 1.30 bits per heavy atom. The quantitative estimate of drug-likeness (QED) is 0.0863. The highest BCUT2D eigenvalue weighted by Crippen LogP contribution is 2.42. The van der Waals surface area contributed by atoms with Gasteiger partial charge < -0.3 is 19.7 Å². The summed E-state index contributed by atoms with van der Waals surface area (Å²) < 4.78 is 61.8. The van der Waals surface area contributed by atoms with Gasteiger partial charge in [-0.1, -0.05) is 84.9 Å². The molecule has 0 radical (unpaired) electrons. The first-order chi connectivity index (χ1) is 36.8. The van der Waals surface area contributed by atoms with Crippen LogP contribution in [0.3, 0.4) is 0 Å². The number of sulfone groups is 2. The molecule has 0 amide bonds. The predicted octanol–water partition coefficient (Wildman–Crippen LogP) is 9.83. The first-order valence-corrected chi connectivity index (χ1v) is 30.2. The third-order valence-corrected chi connectivity index (χ3v) is 20.2. The molecular weight excluding hydrogens is 1040 g/mol. The Hall–Kier alpha value is -6.80. The SMILES string of the molecule is O=C(CS(=O)(=O)C1CC1)c1ccccc1-c1ccc2c(c1)OC[C@@H](Cc1ccc(-c3cncs3)cn1)[C@@H]2O.O=C(CS(=O)(=O)C1CC1)c1ccccc1-c1ccc2c(c1)OC[C@H](Cc1ccc(-c3cncs3)cn1)[C@H]2O. The van der Waals surface area contributed by atoms with Crippen molar-refractivity contribution in [3.8, 4) is 54.6 Å². The Labute approximate surface area is 448 Å². The van der Waals surface area contributed by atoms with Crippen LogP contribution in [0.2, 0.25) is 0 Å². The van der Waals surface area contributed by atoms with E-state index in [2.05, 4.69) is 19.9 Å². The van der Waals surface area contributed by atoms with E-state index in [1.807, 2.05) is 110 Å². The van der Waals surface area contributed by atoms with Gasteiger partial charge in [-0.3, -0.25) is 29.5 Å². The fourth-order valence-electron chi connectivity index (χ4n) is 9.77. The number of ketones is 2. The second-order valence-corrected chi connectivity index (χ2v) is 26.0. The molecule has 2 fully saturated rings. The number of benzene rings is 4. The second kappa shape index (κ2) is 21.7. The summed E-state index contributed by atoms with van der Waals surface area (Å²) in [5.41, 5.74) is 12.3. The van der Waals surface area contributed by atoms with Crippen molar-refractivity contribution in [1.29, 1.82) is 0 Å². The highest BCUT2D eigenvalue weighted by atomic mass is 32.2. The molecule has 2 aliphatic carbocycles. The number of thiazole rings is 2. The first kappa shape index (κ1) is 51.3. The molecule has 14 nitrogen and oxygen atoms in total. The summed E-state index contributed by atoms with van der Waals surface area (Å²) in [5.74, 6) is -0.945. The van der Waals surface area contributed by atoms with E-state index >= 15 is 0 Å². The Morgan fingerprint density at radius 2 is 0.934 bits per heavy atom. The average Bonchev–Trinajstić information content (AvgIpc) is 4.39. The molecule has 4 atom stereocenters. The van der Waals surface area contributed by atoms with E-state index in [4.69, 9.17) is 9.47 Å². The molecule has 2 aliphatic heterocycles. The van der Waals surface area contributed by atoms with E-state index in [9.17, 15) is 36.6 Å². The zero-order chi connectivity index (χ0) is 52.6. The minimum absolute atomic E-state index is 0.156. The number of aromatic nitrogens is 4. The van der Waals surface area contributed by atoms with Crippen LogP contribution in [0.4, 0.5) is 0 Å². The summed E-state index contributed by atoms with van der Waals surface area (Å²) >= 11 is 3.12. The number of rotatable bonds is 16. The zero-order valence-electron chi connectivity index (χ0n) is 41.0. The fourth-order valence-corrected chi connectivity index (χ4v) is 14.2. The molecule has 4 aromatic heterocycles. The van der Waals surface area contributed by atoms with Crippen molar-refractivity contribution in [1.82, 2.24) is 19.9 Å². The number of nitrogens with zero attached hydrogens (tertiary/aromatic N) is 4. The number of aliphatic hydroxyl groups is 2. The number of carbonyl (C=O) groups excluding carboxylic acids is 2. The summed E-state index contributed by atoms with van der Waals surface area (Å²) in [7, 11) is -6.83. The molecule has 4 aromatic carbocycles. The van der Waals surface area contributed by atoms with Crippen LogP contribution in [0.5, 0.6) is 11.5 Å². The van der Waals surface area contributed by atoms with Crippen LogP contribution in [0.1, 0.15) is 81.1 Å². The van der Waals surface area contributed by atoms with E-state index in [0.29, 0.717) is 96.6 Å². The van der Waals surface area contributed by atoms with Gasteiger partial charge in [-0.15, -0.1) is 22.7 Å². The molecule has 2 N–H and O–H groups in total. The molecule has 0 spiro atoms. The van der Waals surface area contributed by atoms with Gasteiger partial charge in [0.2, 0.25) is 0 Å². The number of hydrogen-bond acceptors (Lipinski definition) is 16. The van der Waals surface area contributed by atoms with Gasteiger partial charge in [0.25, 0.3) is 0 Å². The maximum Gasteiger partial charge on any atom is 0.178 e. The normalized spacial score (nSPS) is 19.0. The van der Waals surface area contributed by atoms with Crippen LogP contribution < -0.4 is 9.47 Å². The third kappa shape index (κ3) is 11.3. The summed E-state index contributed by atoms with van der Waals surface area (Å²) in [6.07, 6.45) is 9.51. The van der Waals surface area contributed by atoms with Gasteiger partial charge >= 0.3 is 0 Å². The molecule has 8 aromatic rings. The Bertz CT molecular complexity index is 3400. The van der Waals surface area contributed by atoms with Gasteiger partial charge in [-0.25, -0.2) is 16.8 Å². The van der Waals surface area contributed by atoms with Crippen LogP contribution in [-0.2, 0) is 32.5 Å². The van der Waals surface area contributed by atoms with Crippen molar-refractivity contribution in [2.45, 2.75) is 61.2 Å². The number of carbonyl (C=O) groups is 2. The van der Waals surface area contributed by atoms with Gasteiger partial charge in [0.15, 0.2) is 31.2 Å². The predicted molar refractivity (Wildman–Crippen MR) is 292 cm³/mol. The van der Waals surface area contributed by atoms with Crippen LogP contribution in [0.25, 0.3) is 43.1 Å². The number of Topliss-reactive ketones (excluding diaryl/α,β-unsaturated/α-hetero) is 2. The monoisotopic (exact) mass is 1090 g/mol. The fraction of sp³-hybridized carbons (Fsp3) is 0.276. The molecule has 18 heteroatoms. The molecular formula is C58H52N4O10S4. The number of pyridine rings is 2. The smallest absolute Gasteiger partial charge is 0.178 e. The minimum atomic E-state index is -3.42. The Kier molecular flexibility index (Phi) is 14.6. The van der Waals surface area contributed by atoms with Crippen molar-refractivity contribution in [3.63, 3.8) is 0 Å². The maximum absolute atomic E-state index is 13.0. The molecule has 0 saturated heterocycles. The Morgan fingerprint density at radius 1 is 0.526 bits per heavy atom. The van der Waals surface area contributed by atoms with Crippen molar-refractivity contribution >= 4 is 53.9 Å². The van der Waals surface area contributed by atoms with E-state index in [-0.39, 0.29) is 22.3 Å². The zero-order valence-corrected chi connectivity index (χ0v) is 44.2. The summed E-state index contributed by atoms with van der Waals surface area (Å²) in [6.45, 7) is 0.659. The largest absolute Gasteiger partial charge is 0.493 e. The Balaban J connectivity index is 0.000000162. The van der Waals surface area contributed by atoms with E-state index in [1.54, 1.807) is 58.0 Å². The van der Waals surface area contributed by atoms with Crippen molar-refractivity contribution < 1.29 is 46.1 Å². The lowest BCUT2D eigenvalue weighted by molar-refractivity contribution is 0.0501. The lowest BCUT2D eigenvalue weighted by atomic mass is 9.88. The highest BCUT2D eigenvalue weighted by molar-refractivity contribution is 7.93. The molecule has 0 bridgehead atoms. The second-order valence-electron chi connectivity index (χ2n) is 19.7. The van der Waals surface area contributed by atoms with Crippen molar-refractivity contribution in [2.24, 2.45) is 11.8 Å². The number of aliphatic hydroxyl groups excluding tert-OH is 2. The van der Waals surface area contributed by atoms with Crippen LogP contribution >= 0.6 is 22.7 Å². The topological polar surface area (TPSA) is 213 Å². The summed E-state index contributed by atoms with van der Waals surface area (Å²) in [4.78, 5) is 45.4. The van der Waals surface area contributed by atoms with Gasteiger partial charge in [-0.05, 0) is 85.0 Å². The van der Waals surface area contributed by atoms with E-state index < -0.39 is 55.0 Å². The number of hydrogen-bond donors (Lipinski definition) is 2. The molecule has 388 valence electrons. The lowest BCUT2D eigenvalue weighted by Gasteiger charge is -2.30. The average molecular weight is 1090 g/mol. The van der Waals surface area contributed by atoms with Gasteiger partial charge in [0.05, 0.1) is 56.7 Å². The standard InChI is InChI=1S/2C29H26N2O5S2/c2*32-26(16-38(34,35)22-8-9-22)24-4-2-1-3-23(24)18-6-10-25-27(12-18)36-15-20(29(25)33)11-21-7-5-19(13-31-21)28-14-30-17-37-28/h2*1-7,10,12-14,17,20,22,29,33H,8-9,11,15-16H2/t2*20-,29+/m10/s1. The van der Waals surface area contributed by atoms with Crippen LogP contribution in [0.15, 0.2) is 145 Å².